The normalized spacial score (nSPS) is 16.3. The lowest BCUT2D eigenvalue weighted by atomic mass is 10.2. The summed E-state index contributed by atoms with van der Waals surface area (Å²) in [6.07, 6.45) is 3.54. The quantitative estimate of drug-likeness (QED) is 0.781. The molecule has 1 aliphatic heterocycles. The highest BCUT2D eigenvalue weighted by atomic mass is 16.5. The van der Waals surface area contributed by atoms with E-state index in [1.807, 2.05) is 0 Å². The zero-order chi connectivity index (χ0) is 17.7. The van der Waals surface area contributed by atoms with Crippen molar-refractivity contribution >= 4 is 16.7 Å². The van der Waals surface area contributed by atoms with Crippen LogP contribution < -0.4 is 15.6 Å². The first kappa shape index (κ1) is 15.4. The fourth-order valence-corrected chi connectivity index (χ4v) is 3.47. The summed E-state index contributed by atoms with van der Waals surface area (Å²) in [5.74, 6) is 2.44. The number of nitrogens with zero attached hydrogens (tertiary/aromatic N) is 4. The fraction of sp³-hybridized carbons (Fsp3) is 0.421. The van der Waals surface area contributed by atoms with Gasteiger partial charge in [-0.3, -0.25) is 4.79 Å². The van der Waals surface area contributed by atoms with Gasteiger partial charge in [0.15, 0.2) is 5.82 Å². The van der Waals surface area contributed by atoms with Crippen molar-refractivity contribution in [2.75, 3.05) is 18.5 Å². The van der Waals surface area contributed by atoms with Crippen molar-refractivity contribution in [1.82, 2.24) is 19.3 Å². The van der Waals surface area contributed by atoms with Gasteiger partial charge in [-0.05, 0) is 37.3 Å². The van der Waals surface area contributed by atoms with E-state index in [1.54, 1.807) is 13.1 Å². The van der Waals surface area contributed by atoms with Crippen LogP contribution >= 0.6 is 0 Å². The molecule has 7 heteroatoms. The van der Waals surface area contributed by atoms with Crippen LogP contribution in [0.1, 0.15) is 19.3 Å². The number of imidazole rings is 1. The number of hydrogen-bond acceptors (Lipinski definition) is 5. The molecular weight excluding hydrogens is 330 g/mol. The summed E-state index contributed by atoms with van der Waals surface area (Å²) in [6.45, 7) is 2.50. The summed E-state index contributed by atoms with van der Waals surface area (Å²) in [4.78, 5) is 16.5. The fourth-order valence-electron chi connectivity index (χ4n) is 3.47. The maximum atomic E-state index is 11.7. The Morgan fingerprint density at radius 2 is 2.19 bits per heavy atom. The van der Waals surface area contributed by atoms with Crippen LogP contribution in [-0.4, -0.2) is 32.5 Å². The molecule has 134 valence electrons. The van der Waals surface area contributed by atoms with Gasteiger partial charge in [-0.15, -0.1) is 0 Å². The van der Waals surface area contributed by atoms with Crippen LogP contribution in [0.2, 0.25) is 0 Å². The predicted molar refractivity (Wildman–Crippen MR) is 99.5 cm³/mol. The lowest BCUT2D eigenvalue weighted by Crippen LogP contribution is -2.18. The molecule has 1 aromatic carbocycles. The monoisotopic (exact) mass is 351 g/mol. The summed E-state index contributed by atoms with van der Waals surface area (Å²) in [6, 6.07) is 7.43. The van der Waals surface area contributed by atoms with Crippen molar-refractivity contribution in [1.29, 1.82) is 0 Å². The van der Waals surface area contributed by atoms with Crippen molar-refractivity contribution in [2.45, 2.75) is 25.8 Å². The Bertz CT molecular complexity index is 1050. The van der Waals surface area contributed by atoms with Crippen LogP contribution in [0, 0.1) is 5.92 Å². The number of nitrogens with one attached hydrogen (secondary N) is 1. The van der Waals surface area contributed by atoms with Gasteiger partial charge in [-0.2, -0.15) is 5.10 Å². The van der Waals surface area contributed by atoms with Crippen molar-refractivity contribution in [2.24, 2.45) is 13.0 Å². The molecule has 2 aliphatic rings. The Kier molecular flexibility index (Phi) is 3.48. The highest BCUT2D eigenvalue weighted by Crippen LogP contribution is 2.36. The van der Waals surface area contributed by atoms with E-state index in [-0.39, 0.29) is 5.56 Å². The number of aryl methyl sites for hydroxylation is 2. The Morgan fingerprint density at radius 1 is 1.31 bits per heavy atom. The van der Waals surface area contributed by atoms with Gasteiger partial charge in [0.2, 0.25) is 0 Å². The predicted octanol–water partition coefficient (Wildman–Crippen LogP) is 2.40. The molecule has 1 fully saturated rings. The SMILES string of the molecule is Cn1nc(-c2nc3cc(NCC4CC4)cc4c3n2CCCO4)ccc1=O. The second kappa shape index (κ2) is 5.86. The summed E-state index contributed by atoms with van der Waals surface area (Å²) in [5.41, 5.74) is 3.52. The average Bonchev–Trinajstić information content (AvgIpc) is 3.42. The summed E-state index contributed by atoms with van der Waals surface area (Å²) >= 11 is 0. The van der Waals surface area contributed by atoms with Crippen LogP contribution in [0.3, 0.4) is 0 Å². The third-order valence-electron chi connectivity index (χ3n) is 5.07. The van der Waals surface area contributed by atoms with Crippen molar-refractivity contribution < 1.29 is 4.74 Å². The Labute approximate surface area is 150 Å². The number of anilines is 1. The molecule has 2 aromatic heterocycles. The molecule has 7 nitrogen and oxygen atoms in total. The minimum atomic E-state index is -0.128. The Balaban J connectivity index is 1.65. The van der Waals surface area contributed by atoms with E-state index in [0.717, 1.165) is 53.7 Å². The van der Waals surface area contributed by atoms with Crippen LogP contribution in [-0.2, 0) is 13.6 Å². The Morgan fingerprint density at radius 3 is 3.00 bits per heavy atom. The van der Waals surface area contributed by atoms with Gasteiger partial charge >= 0.3 is 0 Å². The minimum absolute atomic E-state index is 0.128. The molecule has 0 radical (unpaired) electrons. The lowest BCUT2D eigenvalue weighted by Gasteiger charge is -2.09. The zero-order valence-electron chi connectivity index (χ0n) is 14.7. The van der Waals surface area contributed by atoms with Gasteiger partial charge in [0.1, 0.15) is 17.0 Å². The lowest BCUT2D eigenvalue weighted by molar-refractivity contribution is 0.316. The molecule has 3 heterocycles. The molecule has 0 spiro atoms. The molecular formula is C19H21N5O2. The second-order valence-corrected chi connectivity index (χ2v) is 7.14. The highest BCUT2D eigenvalue weighted by molar-refractivity contribution is 5.89. The van der Waals surface area contributed by atoms with Gasteiger partial charge in [0.25, 0.3) is 5.56 Å². The smallest absolute Gasteiger partial charge is 0.266 e. The minimum Gasteiger partial charge on any atom is -0.491 e. The van der Waals surface area contributed by atoms with Crippen LogP contribution in [0.5, 0.6) is 5.75 Å². The van der Waals surface area contributed by atoms with E-state index in [1.165, 1.54) is 23.6 Å². The van der Waals surface area contributed by atoms with Gasteiger partial charge in [-0.1, -0.05) is 0 Å². The number of aromatic nitrogens is 4. The van der Waals surface area contributed by atoms with E-state index in [0.29, 0.717) is 12.3 Å². The summed E-state index contributed by atoms with van der Waals surface area (Å²) < 4.78 is 9.51. The number of benzene rings is 1. The molecule has 1 aliphatic carbocycles. The molecule has 1 saturated carbocycles. The van der Waals surface area contributed by atoms with Gasteiger partial charge < -0.3 is 14.6 Å². The number of ether oxygens (including phenoxy) is 1. The van der Waals surface area contributed by atoms with Gasteiger partial charge in [0, 0.05) is 38.0 Å². The van der Waals surface area contributed by atoms with E-state index >= 15 is 0 Å². The molecule has 3 aromatic rings. The van der Waals surface area contributed by atoms with Crippen LogP contribution in [0.25, 0.3) is 22.6 Å². The third-order valence-corrected chi connectivity index (χ3v) is 5.07. The van der Waals surface area contributed by atoms with Crippen molar-refractivity contribution in [3.8, 4) is 17.3 Å². The van der Waals surface area contributed by atoms with Gasteiger partial charge in [-0.25, -0.2) is 9.67 Å². The first-order valence-electron chi connectivity index (χ1n) is 9.15. The molecule has 0 amide bonds. The van der Waals surface area contributed by atoms with E-state index in [9.17, 15) is 4.79 Å². The molecule has 26 heavy (non-hydrogen) atoms. The zero-order valence-corrected chi connectivity index (χ0v) is 14.7. The second-order valence-electron chi connectivity index (χ2n) is 7.14. The maximum Gasteiger partial charge on any atom is 0.266 e. The molecule has 5 rings (SSSR count). The van der Waals surface area contributed by atoms with E-state index < -0.39 is 0 Å². The summed E-state index contributed by atoms with van der Waals surface area (Å²) in [7, 11) is 1.66. The number of rotatable bonds is 4. The van der Waals surface area contributed by atoms with Crippen molar-refractivity contribution in [3.63, 3.8) is 0 Å². The summed E-state index contributed by atoms with van der Waals surface area (Å²) in [5, 5.41) is 7.90. The van der Waals surface area contributed by atoms with Crippen LogP contribution in [0.15, 0.2) is 29.1 Å². The molecule has 0 bridgehead atoms. The maximum absolute atomic E-state index is 11.7. The number of hydrogen-bond donors (Lipinski definition) is 1. The standard InChI is InChI=1S/C19H21N5O2/c1-23-17(25)6-5-14(22-23)19-21-15-9-13(20-11-12-3-4-12)10-16-18(15)24(19)7-2-8-26-16/h5-6,9-10,12,20H,2-4,7-8,11H2,1H3. The van der Waals surface area contributed by atoms with Crippen molar-refractivity contribution in [3.05, 3.63) is 34.6 Å². The molecule has 1 N–H and O–H groups in total. The first-order valence-corrected chi connectivity index (χ1v) is 9.15. The Hall–Kier alpha value is -2.83. The highest BCUT2D eigenvalue weighted by Gasteiger charge is 2.23. The molecule has 0 unspecified atom stereocenters. The first-order chi connectivity index (χ1) is 12.7. The third kappa shape index (κ3) is 2.64. The topological polar surface area (TPSA) is 74.0 Å². The average molecular weight is 351 g/mol. The molecule has 0 atom stereocenters. The van der Waals surface area contributed by atoms with E-state index in [4.69, 9.17) is 9.72 Å². The van der Waals surface area contributed by atoms with E-state index in [2.05, 4.69) is 27.1 Å². The van der Waals surface area contributed by atoms with Crippen LogP contribution in [0.4, 0.5) is 5.69 Å². The largest absolute Gasteiger partial charge is 0.491 e. The molecule has 0 saturated heterocycles. The van der Waals surface area contributed by atoms with Gasteiger partial charge in [0.05, 0.1) is 12.1 Å².